The van der Waals surface area contributed by atoms with Gasteiger partial charge in [0, 0.05) is 33.8 Å². The van der Waals surface area contributed by atoms with Gasteiger partial charge in [0.25, 0.3) is 5.91 Å². The molecule has 0 saturated heterocycles. The maximum atomic E-state index is 14.2. The fourth-order valence-electron chi connectivity index (χ4n) is 6.30. The standard InChI is InChI=1S/C37H37ClF3N3O3/c1-5-6-29(23-7-9-25(10-8-23)35(47)42-18-16-31(45)46)32(24-11-13-27(38)14-12-24)34-30-20-26(37(39,40)41)19-22(2)33(30)43-44(34)28-15-17-36(3,4)21-28/h7-15,17,19-21,29,32H,5-6,16,18H2,1-4H3,(H,42,47)(H,45,46). The van der Waals surface area contributed by atoms with Crippen LogP contribution in [0.1, 0.15) is 90.2 Å². The molecule has 47 heavy (non-hydrogen) atoms. The number of benzene rings is 3. The van der Waals surface area contributed by atoms with Gasteiger partial charge in [-0.3, -0.25) is 9.59 Å². The van der Waals surface area contributed by atoms with E-state index in [9.17, 15) is 22.8 Å². The smallest absolute Gasteiger partial charge is 0.416 e. The topological polar surface area (TPSA) is 84.2 Å². The number of carboxylic acid groups (broad SMARTS) is 1. The summed E-state index contributed by atoms with van der Waals surface area (Å²) in [6.07, 6.45) is 2.79. The highest BCUT2D eigenvalue weighted by Gasteiger charge is 2.36. The highest BCUT2D eigenvalue weighted by Crippen LogP contribution is 2.47. The van der Waals surface area contributed by atoms with Gasteiger partial charge in [0.15, 0.2) is 0 Å². The number of halogens is 4. The van der Waals surface area contributed by atoms with Crippen molar-refractivity contribution >= 4 is 40.1 Å². The van der Waals surface area contributed by atoms with E-state index >= 15 is 0 Å². The Labute approximate surface area is 276 Å². The number of nitrogens with one attached hydrogen (secondary N) is 1. The van der Waals surface area contributed by atoms with Crippen LogP contribution in [0.25, 0.3) is 16.6 Å². The Morgan fingerprint density at radius 3 is 2.28 bits per heavy atom. The van der Waals surface area contributed by atoms with Crippen LogP contribution in [-0.4, -0.2) is 33.3 Å². The van der Waals surface area contributed by atoms with Crippen molar-refractivity contribution in [2.45, 2.75) is 65.0 Å². The quantitative estimate of drug-likeness (QED) is 0.167. The molecule has 3 aromatic carbocycles. The summed E-state index contributed by atoms with van der Waals surface area (Å²) < 4.78 is 44.5. The normalized spacial score (nSPS) is 15.4. The summed E-state index contributed by atoms with van der Waals surface area (Å²) in [5.41, 5.74) is 3.47. The molecule has 1 amide bonds. The van der Waals surface area contributed by atoms with Crippen LogP contribution in [0.2, 0.25) is 5.02 Å². The number of allylic oxidation sites excluding steroid dienone is 4. The summed E-state index contributed by atoms with van der Waals surface area (Å²) in [5.74, 6) is -2.07. The number of fused-ring (bicyclic) bond motifs is 1. The number of nitrogens with zero attached hydrogens (tertiary/aromatic N) is 2. The van der Waals surface area contributed by atoms with E-state index in [0.717, 1.165) is 29.3 Å². The average Bonchev–Trinajstić information content (AvgIpc) is 3.57. The number of carbonyl (C=O) groups is 2. The predicted molar refractivity (Wildman–Crippen MR) is 179 cm³/mol. The molecule has 2 unspecified atom stereocenters. The van der Waals surface area contributed by atoms with Gasteiger partial charge in [-0.2, -0.15) is 18.3 Å². The van der Waals surface area contributed by atoms with E-state index in [4.69, 9.17) is 21.8 Å². The van der Waals surface area contributed by atoms with Gasteiger partial charge >= 0.3 is 12.1 Å². The molecule has 6 nitrogen and oxygen atoms in total. The first kappa shape index (κ1) is 34.0. The number of carboxylic acids is 1. The highest BCUT2D eigenvalue weighted by atomic mass is 35.5. The molecule has 0 saturated carbocycles. The molecule has 2 N–H and O–H groups in total. The molecule has 0 aliphatic heterocycles. The number of alkyl halides is 3. The van der Waals surface area contributed by atoms with Gasteiger partial charge in [-0.1, -0.05) is 69.1 Å². The summed E-state index contributed by atoms with van der Waals surface area (Å²) in [4.78, 5) is 23.6. The lowest BCUT2D eigenvalue weighted by Crippen LogP contribution is -2.26. The minimum Gasteiger partial charge on any atom is -0.481 e. The fraction of sp³-hybridized carbons (Fsp3) is 0.324. The molecule has 4 aromatic rings. The highest BCUT2D eigenvalue weighted by molar-refractivity contribution is 6.30. The van der Waals surface area contributed by atoms with Crippen molar-refractivity contribution in [1.29, 1.82) is 0 Å². The lowest BCUT2D eigenvalue weighted by Gasteiger charge is -2.30. The number of hydrogen-bond acceptors (Lipinski definition) is 3. The maximum Gasteiger partial charge on any atom is 0.416 e. The SMILES string of the molecule is CCCC(c1ccc(C(=O)NCCC(=O)O)cc1)C(c1ccc(Cl)cc1)c1c2cc(C(F)(F)F)cc(C)c2nn1C1=CC(C)(C)C=C1. The molecule has 1 heterocycles. The summed E-state index contributed by atoms with van der Waals surface area (Å²) in [7, 11) is 0. The van der Waals surface area contributed by atoms with Crippen molar-refractivity contribution in [3.8, 4) is 0 Å². The van der Waals surface area contributed by atoms with Crippen LogP contribution >= 0.6 is 11.6 Å². The van der Waals surface area contributed by atoms with Crippen molar-refractivity contribution in [1.82, 2.24) is 15.1 Å². The largest absolute Gasteiger partial charge is 0.481 e. The van der Waals surface area contributed by atoms with E-state index in [2.05, 4.69) is 32.2 Å². The molecule has 2 atom stereocenters. The molecule has 5 rings (SSSR count). The lowest BCUT2D eigenvalue weighted by atomic mass is 9.76. The molecular weight excluding hydrogens is 627 g/mol. The van der Waals surface area contributed by atoms with E-state index < -0.39 is 23.6 Å². The average molecular weight is 664 g/mol. The third kappa shape index (κ3) is 7.46. The number of carbonyl (C=O) groups excluding carboxylic acids is 1. The molecule has 1 aliphatic rings. The van der Waals surface area contributed by atoms with E-state index in [1.807, 2.05) is 36.4 Å². The first-order chi connectivity index (χ1) is 22.2. The number of hydrogen-bond donors (Lipinski definition) is 2. The van der Waals surface area contributed by atoms with Crippen molar-refractivity contribution < 1.29 is 27.9 Å². The first-order valence-electron chi connectivity index (χ1n) is 15.6. The third-order valence-corrected chi connectivity index (χ3v) is 8.78. The van der Waals surface area contributed by atoms with Crippen LogP contribution < -0.4 is 5.32 Å². The molecular formula is C37H37ClF3N3O3. The Balaban J connectivity index is 1.74. The van der Waals surface area contributed by atoms with Gasteiger partial charge < -0.3 is 10.4 Å². The van der Waals surface area contributed by atoms with E-state index in [-0.39, 0.29) is 30.2 Å². The number of rotatable bonds is 11. The Bertz CT molecular complexity index is 1860. The summed E-state index contributed by atoms with van der Waals surface area (Å²) in [6.45, 7) is 7.83. The molecule has 1 aromatic heterocycles. The first-order valence-corrected chi connectivity index (χ1v) is 15.9. The summed E-state index contributed by atoms with van der Waals surface area (Å²) in [5, 5.41) is 17.5. The zero-order valence-electron chi connectivity index (χ0n) is 26.7. The van der Waals surface area contributed by atoms with Crippen LogP contribution in [0.3, 0.4) is 0 Å². The second-order valence-electron chi connectivity index (χ2n) is 12.7. The number of amides is 1. The monoisotopic (exact) mass is 663 g/mol. The van der Waals surface area contributed by atoms with Crippen LogP contribution in [0.5, 0.6) is 0 Å². The third-order valence-electron chi connectivity index (χ3n) is 8.53. The molecule has 10 heteroatoms. The molecule has 0 radical (unpaired) electrons. The zero-order chi connectivity index (χ0) is 34.1. The predicted octanol–water partition coefficient (Wildman–Crippen LogP) is 9.37. The van der Waals surface area contributed by atoms with Gasteiger partial charge in [-0.05, 0) is 84.5 Å². The van der Waals surface area contributed by atoms with Crippen LogP contribution in [0.4, 0.5) is 13.2 Å². The van der Waals surface area contributed by atoms with Gasteiger partial charge in [0.05, 0.1) is 28.9 Å². The van der Waals surface area contributed by atoms with Gasteiger partial charge in [-0.25, -0.2) is 4.68 Å². The van der Waals surface area contributed by atoms with Crippen LogP contribution in [-0.2, 0) is 11.0 Å². The molecule has 1 aliphatic carbocycles. The van der Waals surface area contributed by atoms with Crippen LogP contribution in [0, 0.1) is 12.3 Å². The number of aliphatic carboxylic acids is 1. The van der Waals surface area contributed by atoms with E-state index in [1.165, 1.54) is 6.07 Å². The summed E-state index contributed by atoms with van der Waals surface area (Å²) in [6, 6.07) is 16.9. The van der Waals surface area contributed by atoms with E-state index in [1.54, 1.807) is 35.9 Å². The Hall–Kier alpha value is -4.37. The fourth-order valence-corrected chi connectivity index (χ4v) is 6.42. The van der Waals surface area contributed by atoms with Gasteiger partial charge in [0.2, 0.25) is 0 Å². The van der Waals surface area contributed by atoms with Crippen molar-refractivity contribution in [3.63, 3.8) is 0 Å². The number of aromatic nitrogens is 2. The Kier molecular flexibility index (Phi) is 9.68. The van der Waals surface area contributed by atoms with Crippen molar-refractivity contribution in [2.75, 3.05) is 6.54 Å². The minimum atomic E-state index is -4.55. The molecule has 0 spiro atoms. The van der Waals surface area contributed by atoms with Crippen molar-refractivity contribution in [2.24, 2.45) is 5.41 Å². The second kappa shape index (κ2) is 13.4. The summed E-state index contributed by atoms with van der Waals surface area (Å²) >= 11 is 6.32. The van der Waals surface area contributed by atoms with Crippen molar-refractivity contribution in [3.05, 3.63) is 117 Å². The Morgan fingerprint density at radius 1 is 1.04 bits per heavy atom. The zero-order valence-corrected chi connectivity index (χ0v) is 27.4. The van der Waals surface area contributed by atoms with Crippen LogP contribution in [0.15, 0.2) is 78.9 Å². The molecule has 0 bridgehead atoms. The second-order valence-corrected chi connectivity index (χ2v) is 13.1. The van der Waals surface area contributed by atoms with E-state index in [0.29, 0.717) is 39.2 Å². The maximum absolute atomic E-state index is 14.2. The van der Waals surface area contributed by atoms with Gasteiger partial charge in [0.1, 0.15) is 0 Å². The lowest BCUT2D eigenvalue weighted by molar-refractivity contribution is -0.138. The van der Waals surface area contributed by atoms with Gasteiger partial charge in [-0.15, -0.1) is 0 Å². The minimum absolute atomic E-state index is 0.00448. The number of aryl methyl sites for hydroxylation is 1. The molecule has 0 fully saturated rings. The molecule has 246 valence electrons. The Morgan fingerprint density at radius 2 is 1.70 bits per heavy atom.